The maximum absolute atomic E-state index is 12.6. The predicted molar refractivity (Wildman–Crippen MR) is 86.6 cm³/mol. The maximum atomic E-state index is 12.6. The van der Waals surface area contributed by atoms with Crippen molar-refractivity contribution in [3.8, 4) is 5.75 Å². The third kappa shape index (κ3) is 2.74. The van der Waals surface area contributed by atoms with Crippen molar-refractivity contribution in [1.29, 1.82) is 0 Å². The van der Waals surface area contributed by atoms with Gasteiger partial charge in [0, 0.05) is 5.39 Å². The van der Waals surface area contributed by atoms with Crippen LogP contribution in [0, 0.1) is 10.1 Å². The number of aromatic amines is 1. The molecule has 1 aromatic heterocycles. The second kappa shape index (κ2) is 5.81. The molecule has 1 heterocycles. The molecule has 0 saturated carbocycles. The highest BCUT2D eigenvalue weighted by molar-refractivity contribution is 7.92. The average Bonchev–Trinajstić information content (AvgIpc) is 3.03. The fraction of sp³-hybridized carbons (Fsp3) is 0.0714. The molecule has 10 heteroatoms. The van der Waals surface area contributed by atoms with Gasteiger partial charge in [0.15, 0.2) is 4.90 Å². The highest BCUT2D eigenvalue weighted by Gasteiger charge is 2.27. The summed E-state index contributed by atoms with van der Waals surface area (Å²) in [6.07, 6.45) is 1.47. The Kier molecular flexibility index (Phi) is 3.81. The number of sulfonamides is 1. The number of nitro benzene ring substituents is 1. The molecule has 0 spiro atoms. The molecule has 0 fully saturated rings. The highest BCUT2D eigenvalue weighted by Crippen LogP contribution is 2.31. The number of benzene rings is 2. The largest absolute Gasteiger partial charge is 0.497 e. The highest BCUT2D eigenvalue weighted by atomic mass is 32.2. The summed E-state index contributed by atoms with van der Waals surface area (Å²) in [5.41, 5.74) is 0.340. The number of ether oxygens (including phenoxy) is 1. The van der Waals surface area contributed by atoms with Crippen LogP contribution >= 0.6 is 0 Å². The molecular formula is C14H12N4O5S. The molecule has 2 aromatic carbocycles. The Bertz CT molecular complexity index is 1030. The van der Waals surface area contributed by atoms with Crippen LogP contribution in [0.4, 0.5) is 11.4 Å². The van der Waals surface area contributed by atoms with Crippen LogP contribution in [0.1, 0.15) is 0 Å². The first-order chi connectivity index (χ1) is 11.4. The van der Waals surface area contributed by atoms with Gasteiger partial charge in [-0.3, -0.25) is 19.9 Å². The van der Waals surface area contributed by atoms with Crippen molar-refractivity contribution in [2.75, 3.05) is 11.8 Å². The zero-order valence-corrected chi connectivity index (χ0v) is 13.2. The van der Waals surface area contributed by atoms with Gasteiger partial charge in [-0.1, -0.05) is 6.07 Å². The molecule has 0 unspecified atom stereocenters. The van der Waals surface area contributed by atoms with E-state index in [1.165, 1.54) is 19.4 Å². The summed E-state index contributed by atoms with van der Waals surface area (Å²) in [5, 5.41) is 18.3. The van der Waals surface area contributed by atoms with Crippen LogP contribution in [-0.4, -0.2) is 30.6 Å². The SMILES string of the molecule is COc1ccc(S(=O)(=O)Nc2cccc3[nH]ncc23)c([N+](=O)[O-])c1. The molecular weight excluding hydrogens is 336 g/mol. The first-order valence-corrected chi connectivity index (χ1v) is 8.18. The van der Waals surface area contributed by atoms with Gasteiger partial charge in [-0.25, -0.2) is 8.42 Å². The molecule has 0 radical (unpaired) electrons. The third-order valence-corrected chi connectivity index (χ3v) is 4.79. The summed E-state index contributed by atoms with van der Waals surface area (Å²) in [5.74, 6) is 0.192. The van der Waals surface area contributed by atoms with Gasteiger partial charge in [-0.2, -0.15) is 5.10 Å². The Balaban J connectivity index is 2.08. The van der Waals surface area contributed by atoms with E-state index < -0.39 is 25.5 Å². The average molecular weight is 348 g/mol. The van der Waals surface area contributed by atoms with Crippen molar-refractivity contribution in [3.63, 3.8) is 0 Å². The molecule has 0 amide bonds. The van der Waals surface area contributed by atoms with Crippen LogP contribution in [0.2, 0.25) is 0 Å². The number of aromatic nitrogens is 2. The van der Waals surface area contributed by atoms with Gasteiger partial charge >= 0.3 is 0 Å². The molecule has 3 rings (SSSR count). The van der Waals surface area contributed by atoms with E-state index >= 15 is 0 Å². The number of methoxy groups -OCH3 is 1. The molecule has 124 valence electrons. The number of fused-ring (bicyclic) bond motifs is 1. The lowest BCUT2D eigenvalue weighted by Crippen LogP contribution is -2.15. The van der Waals surface area contributed by atoms with Crippen molar-refractivity contribution >= 4 is 32.3 Å². The number of nitro groups is 1. The summed E-state index contributed by atoms with van der Waals surface area (Å²) in [6.45, 7) is 0. The van der Waals surface area contributed by atoms with E-state index in [4.69, 9.17) is 4.74 Å². The number of rotatable bonds is 5. The van der Waals surface area contributed by atoms with E-state index in [1.54, 1.807) is 18.2 Å². The van der Waals surface area contributed by atoms with Crippen LogP contribution in [0.25, 0.3) is 10.9 Å². The Labute approximate surface area is 136 Å². The first kappa shape index (κ1) is 15.7. The standard InChI is InChI=1S/C14H12N4O5S/c1-23-9-5-6-14(13(7-9)18(19)20)24(21,22)17-12-4-2-3-11-10(12)8-15-16-11/h2-8,17H,1H3,(H,15,16). The van der Waals surface area contributed by atoms with Crippen LogP contribution < -0.4 is 9.46 Å². The minimum Gasteiger partial charge on any atom is -0.497 e. The van der Waals surface area contributed by atoms with Crippen molar-refractivity contribution in [2.45, 2.75) is 4.90 Å². The van der Waals surface area contributed by atoms with Gasteiger partial charge in [0.1, 0.15) is 5.75 Å². The monoisotopic (exact) mass is 348 g/mol. The van der Waals surface area contributed by atoms with E-state index in [9.17, 15) is 18.5 Å². The number of hydrogen-bond acceptors (Lipinski definition) is 6. The summed E-state index contributed by atoms with van der Waals surface area (Å²) < 4.78 is 32.5. The predicted octanol–water partition coefficient (Wildman–Crippen LogP) is 2.28. The smallest absolute Gasteiger partial charge is 0.293 e. The van der Waals surface area contributed by atoms with E-state index in [1.807, 2.05) is 0 Å². The number of anilines is 1. The number of nitrogens with one attached hydrogen (secondary N) is 2. The van der Waals surface area contributed by atoms with Gasteiger partial charge < -0.3 is 4.74 Å². The Hall–Kier alpha value is -3.14. The second-order valence-corrected chi connectivity index (χ2v) is 6.48. The van der Waals surface area contributed by atoms with Crippen LogP contribution in [0.3, 0.4) is 0 Å². The first-order valence-electron chi connectivity index (χ1n) is 6.70. The minimum absolute atomic E-state index is 0.192. The fourth-order valence-corrected chi connectivity index (χ4v) is 3.48. The molecule has 0 aliphatic carbocycles. The van der Waals surface area contributed by atoms with Crippen LogP contribution in [0.5, 0.6) is 5.75 Å². The van der Waals surface area contributed by atoms with E-state index in [2.05, 4.69) is 14.9 Å². The molecule has 0 saturated heterocycles. The number of H-pyrrole nitrogens is 1. The summed E-state index contributed by atoms with van der Waals surface area (Å²) in [7, 11) is -2.83. The lowest BCUT2D eigenvalue weighted by molar-refractivity contribution is -0.387. The van der Waals surface area contributed by atoms with Crippen LogP contribution in [-0.2, 0) is 10.0 Å². The summed E-state index contributed by atoms with van der Waals surface area (Å²) >= 11 is 0. The van der Waals surface area contributed by atoms with Crippen molar-refractivity contribution in [2.24, 2.45) is 0 Å². The molecule has 0 aliphatic rings. The molecule has 9 nitrogen and oxygen atoms in total. The van der Waals surface area contributed by atoms with E-state index in [-0.39, 0.29) is 11.4 Å². The van der Waals surface area contributed by atoms with Gasteiger partial charge in [-0.05, 0) is 24.3 Å². The normalized spacial score (nSPS) is 11.4. The minimum atomic E-state index is -4.17. The second-order valence-electron chi connectivity index (χ2n) is 4.83. The van der Waals surface area contributed by atoms with Crippen molar-refractivity contribution in [1.82, 2.24) is 10.2 Å². The molecule has 0 bridgehead atoms. The van der Waals surface area contributed by atoms with E-state index in [0.29, 0.717) is 10.9 Å². The third-order valence-electron chi connectivity index (χ3n) is 3.38. The molecule has 0 aliphatic heterocycles. The van der Waals surface area contributed by atoms with Crippen molar-refractivity contribution < 1.29 is 18.1 Å². The quantitative estimate of drug-likeness (QED) is 0.538. The molecule has 0 atom stereocenters. The van der Waals surface area contributed by atoms with Gasteiger partial charge in [0.2, 0.25) is 0 Å². The zero-order valence-electron chi connectivity index (χ0n) is 12.4. The Morgan fingerprint density at radius 3 is 2.79 bits per heavy atom. The van der Waals surface area contributed by atoms with Gasteiger partial charge in [-0.15, -0.1) is 0 Å². The molecule has 24 heavy (non-hydrogen) atoms. The molecule has 3 aromatic rings. The fourth-order valence-electron chi connectivity index (χ4n) is 2.25. The van der Waals surface area contributed by atoms with Crippen LogP contribution in [0.15, 0.2) is 47.5 Å². The van der Waals surface area contributed by atoms with E-state index in [0.717, 1.165) is 12.1 Å². The number of nitrogens with zero attached hydrogens (tertiary/aromatic N) is 2. The van der Waals surface area contributed by atoms with Gasteiger partial charge in [0.05, 0.1) is 35.5 Å². The topological polar surface area (TPSA) is 127 Å². The Morgan fingerprint density at radius 1 is 1.29 bits per heavy atom. The summed E-state index contributed by atoms with van der Waals surface area (Å²) in [4.78, 5) is 9.98. The lowest BCUT2D eigenvalue weighted by Gasteiger charge is -2.10. The zero-order chi connectivity index (χ0) is 17.3. The van der Waals surface area contributed by atoms with Gasteiger partial charge in [0.25, 0.3) is 15.7 Å². The molecule has 2 N–H and O–H groups in total. The Morgan fingerprint density at radius 2 is 2.08 bits per heavy atom. The van der Waals surface area contributed by atoms with Crippen molar-refractivity contribution in [3.05, 3.63) is 52.7 Å². The lowest BCUT2D eigenvalue weighted by atomic mass is 10.2. The number of hydrogen-bond donors (Lipinski definition) is 2. The summed E-state index contributed by atoms with van der Waals surface area (Å²) in [6, 6.07) is 8.46. The maximum Gasteiger partial charge on any atom is 0.293 e.